The maximum Gasteiger partial charge on any atom is 0.119 e. The highest BCUT2D eigenvalue weighted by molar-refractivity contribution is 5.27. The normalized spacial score (nSPS) is 10.6. The van der Waals surface area contributed by atoms with Crippen LogP contribution in [0.1, 0.15) is 32.3 Å². The molecule has 0 aliphatic carbocycles. The third-order valence-electron chi connectivity index (χ3n) is 2.63. The molecular weight excluding hydrogens is 226 g/mol. The van der Waals surface area contributed by atoms with Gasteiger partial charge in [0.15, 0.2) is 0 Å². The predicted octanol–water partition coefficient (Wildman–Crippen LogP) is 2.99. The lowest BCUT2D eigenvalue weighted by Gasteiger charge is -2.07. The smallest absolute Gasteiger partial charge is 0.119 e. The lowest BCUT2D eigenvalue weighted by atomic mass is 10.2. The van der Waals surface area contributed by atoms with E-state index in [9.17, 15) is 0 Å². The maximum absolute atomic E-state index is 5.48. The van der Waals surface area contributed by atoms with Crippen molar-refractivity contribution in [1.82, 2.24) is 5.32 Å². The van der Waals surface area contributed by atoms with Gasteiger partial charge in [0.05, 0.1) is 13.2 Å². The molecule has 3 nitrogen and oxygen atoms in total. The third-order valence-corrected chi connectivity index (χ3v) is 2.63. The van der Waals surface area contributed by atoms with Crippen LogP contribution >= 0.6 is 0 Å². The quantitative estimate of drug-likeness (QED) is 0.648. The number of ether oxygens (including phenoxy) is 2. The summed E-state index contributed by atoms with van der Waals surface area (Å²) in [6.45, 7) is 8.33. The number of rotatable bonds is 10. The molecule has 1 rings (SSSR count). The van der Waals surface area contributed by atoms with Gasteiger partial charge in [-0.15, -0.1) is 0 Å². The SMILES string of the molecule is CCCCOCCNCc1ccc(OCC)cc1. The van der Waals surface area contributed by atoms with Crippen LogP contribution in [-0.2, 0) is 11.3 Å². The van der Waals surface area contributed by atoms with Gasteiger partial charge < -0.3 is 14.8 Å². The average molecular weight is 251 g/mol. The Balaban J connectivity index is 2.08. The molecule has 0 aliphatic rings. The summed E-state index contributed by atoms with van der Waals surface area (Å²) in [7, 11) is 0. The van der Waals surface area contributed by atoms with Crippen molar-refractivity contribution in [3.8, 4) is 5.75 Å². The van der Waals surface area contributed by atoms with E-state index >= 15 is 0 Å². The fourth-order valence-electron chi connectivity index (χ4n) is 1.60. The first-order valence-electron chi connectivity index (χ1n) is 6.87. The van der Waals surface area contributed by atoms with Crippen molar-refractivity contribution < 1.29 is 9.47 Å². The van der Waals surface area contributed by atoms with Crippen LogP contribution < -0.4 is 10.1 Å². The van der Waals surface area contributed by atoms with Gasteiger partial charge in [0.1, 0.15) is 5.75 Å². The zero-order valence-electron chi connectivity index (χ0n) is 11.6. The van der Waals surface area contributed by atoms with E-state index in [4.69, 9.17) is 9.47 Å². The first-order chi connectivity index (χ1) is 8.86. The second kappa shape index (κ2) is 9.92. The third kappa shape index (κ3) is 6.62. The number of benzene rings is 1. The Morgan fingerprint density at radius 3 is 2.50 bits per heavy atom. The monoisotopic (exact) mass is 251 g/mol. The van der Waals surface area contributed by atoms with Gasteiger partial charge in [-0.25, -0.2) is 0 Å². The Hall–Kier alpha value is -1.06. The summed E-state index contributed by atoms with van der Waals surface area (Å²) >= 11 is 0. The molecule has 0 atom stereocenters. The van der Waals surface area contributed by atoms with Gasteiger partial charge in [-0.2, -0.15) is 0 Å². The lowest BCUT2D eigenvalue weighted by Crippen LogP contribution is -2.19. The molecule has 0 spiro atoms. The summed E-state index contributed by atoms with van der Waals surface area (Å²) < 4.78 is 10.9. The minimum atomic E-state index is 0.715. The van der Waals surface area contributed by atoms with E-state index in [1.54, 1.807) is 0 Å². The molecule has 0 fully saturated rings. The summed E-state index contributed by atoms with van der Waals surface area (Å²) in [5.74, 6) is 0.934. The Labute approximate surface area is 110 Å². The van der Waals surface area contributed by atoms with Crippen molar-refractivity contribution in [3.63, 3.8) is 0 Å². The van der Waals surface area contributed by atoms with Crippen LogP contribution in [0.25, 0.3) is 0 Å². The molecule has 0 heterocycles. The van der Waals surface area contributed by atoms with Crippen LogP contribution in [0.5, 0.6) is 5.75 Å². The van der Waals surface area contributed by atoms with E-state index in [2.05, 4.69) is 24.4 Å². The van der Waals surface area contributed by atoms with Crippen LogP contribution in [0.4, 0.5) is 0 Å². The van der Waals surface area contributed by atoms with Gasteiger partial charge in [0.25, 0.3) is 0 Å². The molecule has 0 unspecified atom stereocenters. The number of hydrogen-bond donors (Lipinski definition) is 1. The number of unbranched alkanes of at least 4 members (excludes halogenated alkanes) is 1. The van der Waals surface area contributed by atoms with Crippen molar-refractivity contribution >= 4 is 0 Å². The fourth-order valence-corrected chi connectivity index (χ4v) is 1.60. The van der Waals surface area contributed by atoms with E-state index in [0.717, 1.165) is 38.5 Å². The molecule has 0 radical (unpaired) electrons. The van der Waals surface area contributed by atoms with E-state index in [1.165, 1.54) is 12.0 Å². The van der Waals surface area contributed by atoms with Crippen LogP contribution in [0.15, 0.2) is 24.3 Å². The van der Waals surface area contributed by atoms with Crippen LogP contribution in [0, 0.1) is 0 Å². The molecule has 102 valence electrons. The van der Waals surface area contributed by atoms with Crippen molar-refractivity contribution in [2.45, 2.75) is 33.2 Å². The standard InChI is InChI=1S/C15H25NO2/c1-3-5-11-17-12-10-16-13-14-6-8-15(9-7-14)18-4-2/h6-9,16H,3-5,10-13H2,1-2H3. The molecule has 1 N–H and O–H groups in total. The summed E-state index contributed by atoms with van der Waals surface area (Å²) in [4.78, 5) is 0. The minimum absolute atomic E-state index is 0.715. The summed E-state index contributed by atoms with van der Waals surface area (Å²) in [5.41, 5.74) is 1.27. The predicted molar refractivity (Wildman–Crippen MR) is 75.0 cm³/mol. The molecule has 0 bridgehead atoms. The highest BCUT2D eigenvalue weighted by Crippen LogP contribution is 2.11. The molecular formula is C15H25NO2. The number of nitrogens with one attached hydrogen (secondary N) is 1. The van der Waals surface area contributed by atoms with Crippen molar-refractivity contribution in [2.75, 3.05) is 26.4 Å². The van der Waals surface area contributed by atoms with Gasteiger partial charge in [0, 0.05) is 19.7 Å². The lowest BCUT2D eigenvalue weighted by molar-refractivity contribution is 0.133. The molecule has 1 aromatic rings. The Morgan fingerprint density at radius 1 is 1.06 bits per heavy atom. The van der Waals surface area contributed by atoms with E-state index in [1.807, 2.05) is 19.1 Å². The minimum Gasteiger partial charge on any atom is -0.494 e. The van der Waals surface area contributed by atoms with Crippen molar-refractivity contribution in [3.05, 3.63) is 29.8 Å². The maximum atomic E-state index is 5.48. The highest BCUT2D eigenvalue weighted by Gasteiger charge is 1.95. The molecule has 0 amide bonds. The van der Waals surface area contributed by atoms with Gasteiger partial charge in [-0.1, -0.05) is 25.5 Å². The molecule has 18 heavy (non-hydrogen) atoms. The molecule has 0 saturated heterocycles. The van der Waals surface area contributed by atoms with Crippen LogP contribution in [-0.4, -0.2) is 26.4 Å². The highest BCUT2D eigenvalue weighted by atomic mass is 16.5. The zero-order valence-corrected chi connectivity index (χ0v) is 11.6. The van der Waals surface area contributed by atoms with Crippen molar-refractivity contribution in [2.24, 2.45) is 0 Å². The molecule has 3 heteroatoms. The number of hydrogen-bond acceptors (Lipinski definition) is 3. The second-order valence-corrected chi connectivity index (χ2v) is 4.22. The van der Waals surface area contributed by atoms with Crippen LogP contribution in [0.3, 0.4) is 0 Å². The first kappa shape index (κ1) is 15.0. The largest absolute Gasteiger partial charge is 0.494 e. The first-order valence-corrected chi connectivity index (χ1v) is 6.87. The van der Waals surface area contributed by atoms with E-state index < -0.39 is 0 Å². The average Bonchev–Trinajstić information content (AvgIpc) is 2.40. The van der Waals surface area contributed by atoms with Gasteiger partial charge >= 0.3 is 0 Å². The molecule has 0 saturated carbocycles. The topological polar surface area (TPSA) is 30.5 Å². The molecule has 1 aromatic carbocycles. The molecule has 0 aliphatic heterocycles. The Bertz CT molecular complexity index is 298. The summed E-state index contributed by atoms with van der Waals surface area (Å²) in [6, 6.07) is 8.21. The van der Waals surface area contributed by atoms with E-state index in [-0.39, 0.29) is 0 Å². The summed E-state index contributed by atoms with van der Waals surface area (Å²) in [5, 5.41) is 3.36. The Morgan fingerprint density at radius 2 is 1.83 bits per heavy atom. The van der Waals surface area contributed by atoms with Crippen LogP contribution in [0.2, 0.25) is 0 Å². The second-order valence-electron chi connectivity index (χ2n) is 4.22. The van der Waals surface area contributed by atoms with E-state index in [0.29, 0.717) is 6.61 Å². The summed E-state index contributed by atoms with van der Waals surface area (Å²) in [6.07, 6.45) is 2.35. The van der Waals surface area contributed by atoms with Gasteiger partial charge in [-0.3, -0.25) is 0 Å². The zero-order chi connectivity index (χ0) is 13.1. The fraction of sp³-hybridized carbons (Fsp3) is 0.600. The molecule has 0 aromatic heterocycles. The van der Waals surface area contributed by atoms with Crippen molar-refractivity contribution in [1.29, 1.82) is 0 Å². The van der Waals surface area contributed by atoms with Gasteiger partial charge in [-0.05, 0) is 31.0 Å². The van der Waals surface area contributed by atoms with Gasteiger partial charge in [0.2, 0.25) is 0 Å². The Kier molecular flexibility index (Phi) is 8.26.